The van der Waals surface area contributed by atoms with Gasteiger partial charge in [0, 0.05) is 27.4 Å². The molecule has 1 aromatic heterocycles. The largest absolute Gasteiger partial charge is 0.366 e. The molecule has 0 bridgehead atoms. The molecule has 0 saturated heterocycles. The Morgan fingerprint density at radius 3 is 2.41 bits per heavy atom. The van der Waals surface area contributed by atoms with E-state index in [-0.39, 0.29) is 0 Å². The third-order valence-electron chi connectivity index (χ3n) is 3.04. The highest BCUT2D eigenvalue weighted by atomic mass is 16.1. The first-order valence-corrected chi connectivity index (χ1v) is 5.47. The van der Waals surface area contributed by atoms with Crippen molar-refractivity contribution in [1.29, 1.82) is 0 Å². The second-order valence-corrected chi connectivity index (χ2v) is 4.30. The van der Waals surface area contributed by atoms with Crippen molar-refractivity contribution in [2.45, 2.75) is 6.92 Å². The summed E-state index contributed by atoms with van der Waals surface area (Å²) in [5, 5.41) is 2.17. The Hall–Kier alpha value is -2.29. The minimum atomic E-state index is -0.395. The summed E-state index contributed by atoms with van der Waals surface area (Å²) in [4.78, 5) is 14.5. The lowest BCUT2D eigenvalue weighted by atomic mass is 10.1. The highest BCUT2D eigenvalue weighted by Crippen LogP contribution is 2.26. The first-order valence-electron chi connectivity index (χ1n) is 5.47. The van der Waals surface area contributed by atoms with Crippen LogP contribution in [0.4, 0.5) is 0 Å². The van der Waals surface area contributed by atoms with Crippen LogP contribution < -0.4 is 5.73 Å². The van der Waals surface area contributed by atoms with Gasteiger partial charge in [0.1, 0.15) is 0 Å². The first kappa shape index (κ1) is 9.90. The van der Waals surface area contributed by atoms with Crippen molar-refractivity contribution in [3.63, 3.8) is 0 Å². The van der Waals surface area contributed by atoms with Crippen molar-refractivity contribution in [2.75, 3.05) is 0 Å². The number of primary amides is 1. The van der Waals surface area contributed by atoms with E-state index in [0.29, 0.717) is 5.56 Å². The molecular weight excluding hydrogens is 212 g/mol. The summed E-state index contributed by atoms with van der Waals surface area (Å²) in [6, 6.07) is 11.7. The van der Waals surface area contributed by atoms with Crippen LogP contribution in [0.3, 0.4) is 0 Å². The summed E-state index contributed by atoms with van der Waals surface area (Å²) in [5.41, 5.74) is 9.14. The van der Waals surface area contributed by atoms with Gasteiger partial charge in [-0.3, -0.25) is 4.79 Å². The lowest BCUT2D eigenvalue weighted by molar-refractivity contribution is 0.100. The molecule has 3 heteroatoms. The van der Waals surface area contributed by atoms with E-state index in [1.807, 2.05) is 12.1 Å². The number of nitrogens with two attached hydrogens (primary N) is 1. The Bertz CT molecular complexity index is 740. The predicted molar refractivity (Wildman–Crippen MR) is 69.1 cm³/mol. The molecule has 2 aromatic carbocycles. The SMILES string of the molecule is Cc1ccc2[nH]c3ccc(C(N)=O)cc3c2c1. The second kappa shape index (κ2) is 3.35. The fraction of sp³-hybridized carbons (Fsp3) is 0.0714. The molecule has 3 rings (SSSR count). The lowest BCUT2D eigenvalue weighted by Crippen LogP contribution is -2.10. The molecule has 3 nitrogen and oxygen atoms in total. The number of aromatic amines is 1. The van der Waals surface area contributed by atoms with Gasteiger partial charge in [0.05, 0.1) is 0 Å². The van der Waals surface area contributed by atoms with E-state index in [0.717, 1.165) is 21.8 Å². The van der Waals surface area contributed by atoms with E-state index in [1.165, 1.54) is 5.56 Å². The second-order valence-electron chi connectivity index (χ2n) is 4.30. The van der Waals surface area contributed by atoms with Gasteiger partial charge in [0.15, 0.2) is 0 Å². The quantitative estimate of drug-likeness (QED) is 0.656. The van der Waals surface area contributed by atoms with Gasteiger partial charge in [-0.05, 0) is 37.3 Å². The third kappa shape index (κ3) is 1.47. The van der Waals surface area contributed by atoms with Crippen molar-refractivity contribution in [3.05, 3.63) is 47.5 Å². The average Bonchev–Trinajstić information content (AvgIpc) is 2.66. The maximum absolute atomic E-state index is 11.2. The summed E-state index contributed by atoms with van der Waals surface area (Å²) >= 11 is 0. The van der Waals surface area contributed by atoms with E-state index in [1.54, 1.807) is 6.07 Å². The maximum Gasteiger partial charge on any atom is 0.248 e. The molecule has 3 N–H and O–H groups in total. The maximum atomic E-state index is 11.2. The van der Waals surface area contributed by atoms with Crippen LogP contribution in [0.25, 0.3) is 21.8 Å². The zero-order chi connectivity index (χ0) is 12.0. The summed E-state index contributed by atoms with van der Waals surface area (Å²) in [6.07, 6.45) is 0. The van der Waals surface area contributed by atoms with Crippen LogP contribution in [0.5, 0.6) is 0 Å². The third-order valence-corrected chi connectivity index (χ3v) is 3.04. The van der Waals surface area contributed by atoms with E-state index in [4.69, 9.17) is 5.73 Å². The minimum absolute atomic E-state index is 0.395. The number of rotatable bonds is 1. The smallest absolute Gasteiger partial charge is 0.248 e. The number of hydrogen-bond donors (Lipinski definition) is 2. The van der Waals surface area contributed by atoms with Crippen molar-refractivity contribution in [2.24, 2.45) is 5.73 Å². The fourth-order valence-electron chi connectivity index (χ4n) is 2.16. The van der Waals surface area contributed by atoms with Crippen LogP contribution in [-0.4, -0.2) is 10.9 Å². The summed E-state index contributed by atoms with van der Waals surface area (Å²) in [7, 11) is 0. The highest BCUT2D eigenvalue weighted by Gasteiger charge is 2.07. The van der Waals surface area contributed by atoms with E-state index < -0.39 is 5.91 Å². The van der Waals surface area contributed by atoms with E-state index in [9.17, 15) is 4.79 Å². The van der Waals surface area contributed by atoms with Crippen molar-refractivity contribution < 1.29 is 4.79 Å². The van der Waals surface area contributed by atoms with Gasteiger partial charge in [-0.1, -0.05) is 11.6 Å². The number of carbonyl (C=O) groups excluding carboxylic acids is 1. The molecule has 0 aliphatic heterocycles. The lowest BCUT2D eigenvalue weighted by Gasteiger charge is -1.96. The molecule has 0 fully saturated rings. The Morgan fingerprint density at radius 2 is 1.71 bits per heavy atom. The molecule has 3 aromatic rings. The van der Waals surface area contributed by atoms with Gasteiger partial charge >= 0.3 is 0 Å². The molecule has 1 amide bonds. The Kier molecular flexibility index (Phi) is 1.95. The van der Waals surface area contributed by atoms with Crippen LogP contribution in [0, 0.1) is 6.92 Å². The number of hydrogen-bond acceptors (Lipinski definition) is 1. The molecular formula is C14H12N2O. The molecule has 0 saturated carbocycles. The number of carbonyl (C=O) groups is 1. The van der Waals surface area contributed by atoms with Gasteiger partial charge in [-0.2, -0.15) is 0 Å². The highest BCUT2D eigenvalue weighted by molar-refractivity contribution is 6.09. The van der Waals surface area contributed by atoms with Crippen molar-refractivity contribution in [1.82, 2.24) is 4.98 Å². The van der Waals surface area contributed by atoms with E-state index >= 15 is 0 Å². The molecule has 17 heavy (non-hydrogen) atoms. The number of benzene rings is 2. The van der Waals surface area contributed by atoms with Gasteiger partial charge < -0.3 is 10.7 Å². The number of fused-ring (bicyclic) bond motifs is 3. The molecule has 0 aliphatic carbocycles. The molecule has 0 spiro atoms. The molecule has 0 atom stereocenters. The number of aromatic nitrogens is 1. The summed E-state index contributed by atoms with van der Waals surface area (Å²) in [6.45, 7) is 2.05. The Labute approximate surface area is 98.2 Å². The van der Waals surface area contributed by atoms with Gasteiger partial charge in [0.2, 0.25) is 5.91 Å². The van der Waals surface area contributed by atoms with Crippen molar-refractivity contribution in [3.8, 4) is 0 Å². The predicted octanol–water partition coefficient (Wildman–Crippen LogP) is 2.73. The number of nitrogens with one attached hydrogen (secondary N) is 1. The summed E-state index contributed by atoms with van der Waals surface area (Å²) < 4.78 is 0. The van der Waals surface area contributed by atoms with Crippen LogP contribution in [-0.2, 0) is 0 Å². The topological polar surface area (TPSA) is 58.9 Å². The molecule has 0 unspecified atom stereocenters. The average molecular weight is 224 g/mol. The monoisotopic (exact) mass is 224 g/mol. The van der Waals surface area contributed by atoms with Crippen molar-refractivity contribution >= 4 is 27.7 Å². The Balaban J connectivity index is 2.43. The standard InChI is InChI=1S/C14H12N2O/c1-8-2-4-12-10(6-8)11-7-9(14(15)17)3-5-13(11)16-12/h2-7,16H,1H3,(H2,15,17). The number of H-pyrrole nitrogens is 1. The normalized spacial score (nSPS) is 11.1. The minimum Gasteiger partial charge on any atom is -0.366 e. The molecule has 0 aliphatic rings. The zero-order valence-corrected chi connectivity index (χ0v) is 9.45. The molecule has 84 valence electrons. The van der Waals surface area contributed by atoms with Crippen LogP contribution in [0.15, 0.2) is 36.4 Å². The zero-order valence-electron chi connectivity index (χ0n) is 9.45. The van der Waals surface area contributed by atoms with Crippen LogP contribution in [0.1, 0.15) is 15.9 Å². The molecule has 1 heterocycles. The first-order chi connectivity index (χ1) is 8.15. The van der Waals surface area contributed by atoms with E-state index in [2.05, 4.69) is 30.1 Å². The fourth-order valence-corrected chi connectivity index (χ4v) is 2.16. The summed E-state index contributed by atoms with van der Waals surface area (Å²) in [5.74, 6) is -0.395. The molecule has 0 radical (unpaired) electrons. The number of amides is 1. The van der Waals surface area contributed by atoms with Gasteiger partial charge in [0.25, 0.3) is 0 Å². The van der Waals surface area contributed by atoms with Gasteiger partial charge in [-0.15, -0.1) is 0 Å². The Morgan fingerprint density at radius 1 is 1.06 bits per heavy atom. The van der Waals surface area contributed by atoms with Crippen LogP contribution >= 0.6 is 0 Å². The van der Waals surface area contributed by atoms with Crippen LogP contribution in [0.2, 0.25) is 0 Å². The van der Waals surface area contributed by atoms with Gasteiger partial charge in [-0.25, -0.2) is 0 Å². The number of aryl methyl sites for hydroxylation is 1.